The standard InChI is InChI=1S/2C9H9BrO3.C9H11NO3/c10-5-8(9(12)13)6-1-3-7(11)4-2-6;2*10-8(9(12)13)5-6-1-3-7(11)4-2-6/h2*1-4,8,11H,5H2,(H,12,13);1-4,8,11H,5,10H2,(H,12,13). The number of phenols is 3. The van der Waals surface area contributed by atoms with Crippen LogP contribution in [0.15, 0.2) is 72.8 Å². The number of hydrogen-bond acceptors (Lipinski definition) is 7. The highest BCUT2D eigenvalue weighted by Gasteiger charge is 2.17. The highest BCUT2D eigenvalue weighted by Crippen LogP contribution is 2.21. The Kier molecular flexibility index (Phi) is 14.6. The maximum atomic E-state index is 10.7. The normalized spacial score (nSPS) is 12.4. The number of benzene rings is 3. The van der Waals surface area contributed by atoms with E-state index >= 15 is 0 Å². The number of rotatable bonds is 9. The SMILES string of the molecule is NC(Cc1ccc(O)cc1)C(=O)O.O=C(O)C(Br)Cc1ccc(O)cc1.O=C(O)C(CBr)c1ccc(O)cc1. The van der Waals surface area contributed by atoms with Crippen LogP contribution in [0.3, 0.4) is 0 Å². The quantitative estimate of drug-likeness (QED) is 0.163. The zero-order valence-corrected chi connectivity index (χ0v) is 23.7. The first-order valence-corrected chi connectivity index (χ1v) is 13.4. The van der Waals surface area contributed by atoms with E-state index in [-0.39, 0.29) is 23.7 Å². The van der Waals surface area contributed by atoms with Crippen molar-refractivity contribution >= 4 is 49.8 Å². The van der Waals surface area contributed by atoms with Crippen molar-refractivity contribution in [1.82, 2.24) is 0 Å². The highest BCUT2D eigenvalue weighted by atomic mass is 79.9. The summed E-state index contributed by atoms with van der Waals surface area (Å²) in [5, 5.41) is 53.2. The number of hydrogen-bond donors (Lipinski definition) is 7. The molecule has 3 unspecified atom stereocenters. The van der Waals surface area contributed by atoms with Gasteiger partial charge in [0.25, 0.3) is 0 Å². The molecule has 10 nitrogen and oxygen atoms in total. The third kappa shape index (κ3) is 13.1. The number of carbonyl (C=O) groups is 3. The second kappa shape index (κ2) is 17.1. The Bertz CT molecular complexity index is 1120. The van der Waals surface area contributed by atoms with Crippen molar-refractivity contribution in [2.45, 2.75) is 29.6 Å². The van der Waals surface area contributed by atoms with Gasteiger partial charge in [0, 0.05) is 5.33 Å². The van der Waals surface area contributed by atoms with Gasteiger partial charge in [-0.25, -0.2) is 0 Å². The number of halogens is 2. The van der Waals surface area contributed by atoms with E-state index < -0.39 is 34.7 Å². The molecule has 8 N–H and O–H groups in total. The smallest absolute Gasteiger partial charge is 0.320 e. The first-order valence-electron chi connectivity index (χ1n) is 11.3. The van der Waals surface area contributed by atoms with Crippen molar-refractivity contribution in [1.29, 1.82) is 0 Å². The number of carboxylic acids is 3. The molecule has 3 aromatic rings. The van der Waals surface area contributed by atoms with Gasteiger partial charge in [0.1, 0.15) is 28.1 Å². The van der Waals surface area contributed by atoms with Crippen molar-refractivity contribution in [3.8, 4) is 17.2 Å². The van der Waals surface area contributed by atoms with Gasteiger partial charge >= 0.3 is 17.9 Å². The minimum Gasteiger partial charge on any atom is -0.508 e. The molecule has 210 valence electrons. The van der Waals surface area contributed by atoms with Gasteiger partial charge in [-0.05, 0) is 65.9 Å². The molecule has 0 amide bonds. The van der Waals surface area contributed by atoms with Crippen LogP contribution in [0.5, 0.6) is 17.2 Å². The van der Waals surface area contributed by atoms with Crippen molar-refractivity contribution < 1.29 is 45.0 Å². The van der Waals surface area contributed by atoms with Crippen LogP contribution in [-0.2, 0) is 27.2 Å². The van der Waals surface area contributed by atoms with Gasteiger partial charge in [-0.3, -0.25) is 14.4 Å². The fourth-order valence-electron chi connectivity index (χ4n) is 2.90. The van der Waals surface area contributed by atoms with Gasteiger partial charge in [0.2, 0.25) is 0 Å². The lowest BCUT2D eigenvalue weighted by molar-refractivity contribution is -0.139. The molecular weight excluding hydrogens is 642 g/mol. The van der Waals surface area contributed by atoms with E-state index in [9.17, 15) is 14.4 Å². The first-order chi connectivity index (χ1) is 18.3. The fourth-order valence-corrected chi connectivity index (χ4v) is 3.93. The van der Waals surface area contributed by atoms with Crippen molar-refractivity contribution in [2.75, 3.05) is 5.33 Å². The van der Waals surface area contributed by atoms with E-state index in [1.54, 1.807) is 36.4 Å². The molecular formula is C27H29Br2NO9. The molecule has 0 aliphatic rings. The summed E-state index contributed by atoms with van der Waals surface area (Å²) < 4.78 is 0. The Morgan fingerprint density at radius 3 is 1.36 bits per heavy atom. The van der Waals surface area contributed by atoms with Crippen LogP contribution >= 0.6 is 31.9 Å². The van der Waals surface area contributed by atoms with Crippen molar-refractivity contribution in [3.05, 3.63) is 89.5 Å². The molecule has 0 aliphatic heterocycles. The number of carboxylic acid groups (broad SMARTS) is 3. The van der Waals surface area contributed by atoms with Gasteiger partial charge < -0.3 is 36.4 Å². The van der Waals surface area contributed by atoms with Crippen LogP contribution in [-0.4, -0.2) is 64.7 Å². The predicted molar refractivity (Wildman–Crippen MR) is 152 cm³/mol. The average molecular weight is 671 g/mol. The lowest BCUT2D eigenvalue weighted by Gasteiger charge is -2.08. The third-order valence-electron chi connectivity index (χ3n) is 5.08. The molecule has 0 saturated carbocycles. The number of aromatic hydroxyl groups is 3. The molecule has 0 fully saturated rings. The summed E-state index contributed by atoms with van der Waals surface area (Å²) in [5.41, 5.74) is 7.68. The van der Waals surface area contributed by atoms with Crippen LogP contribution < -0.4 is 5.73 Å². The third-order valence-corrected chi connectivity index (χ3v) is 6.44. The maximum absolute atomic E-state index is 10.7. The lowest BCUT2D eigenvalue weighted by Crippen LogP contribution is -2.32. The second-order valence-corrected chi connectivity index (χ2v) is 9.88. The minimum absolute atomic E-state index is 0.141. The Morgan fingerprint density at radius 1 is 0.641 bits per heavy atom. The molecule has 0 saturated heterocycles. The fraction of sp³-hybridized carbons (Fsp3) is 0.222. The molecule has 3 atom stereocenters. The predicted octanol–water partition coefficient (Wildman–Crippen LogP) is 4.08. The van der Waals surface area contributed by atoms with Crippen LogP contribution in [0, 0.1) is 0 Å². The number of aliphatic carboxylic acids is 3. The zero-order valence-electron chi connectivity index (χ0n) is 20.5. The molecule has 0 heterocycles. The van der Waals surface area contributed by atoms with Crippen molar-refractivity contribution in [2.24, 2.45) is 5.73 Å². The van der Waals surface area contributed by atoms with E-state index in [1.807, 2.05) is 0 Å². The molecule has 0 bridgehead atoms. The molecule has 39 heavy (non-hydrogen) atoms. The highest BCUT2D eigenvalue weighted by molar-refractivity contribution is 9.10. The second-order valence-electron chi connectivity index (χ2n) is 8.13. The number of alkyl halides is 2. The van der Waals surface area contributed by atoms with Crippen molar-refractivity contribution in [3.63, 3.8) is 0 Å². The van der Waals surface area contributed by atoms with Crippen LogP contribution in [0.2, 0.25) is 0 Å². The number of phenolic OH excluding ortho intramolecular Hbond substituents is 3. The molecule has 3 rings (SSSR count). The molecule has 0 aliphatic carbocycles. The van der Waals surface area contributed by atoms with Gasteiger partial charge in [-0.1, -0.05) is 68.3 Å². The zero-order chi connectivity index (χ0) is 29.5. The Morgan fingerprint density at radius 2 is 1.03 bits per heavy atom. The van der Waals surface area contributed by atoms with E-state index in [4.69, 9.17) is 36.4 Å². The summed E-state index contributed by atoms with van der Waals surface area (Å²) in [6.45, 7) is 0. The minimum atomic E-state index is -1.02. The Balaban J connectivity index is 0.000000292. The van der Waals surface area contributed by atoms with E-state index in [1.165, 1.54) is 36.4 Å². The van der Waals surface area contributed by atoms with E-state index in [0.717, 1.165) is 11.1 Å². The molecule has 3 aromatic carbocycles. The maximum Gasteiger partial charge on any atom is 0.320 e. The summed E-state index contributed by atoms with van der Waals surface area (Å²) in [5.74, 6) is -2.84. The first kappa shape index (κ1) is 33.4. The van der Waals surface area contributed by atoms with E-state index in [2.05, 4.69) is 31.9 Å². The lowest BCUT2D eigenvalue weighted by atomic mass is 10.0. The van der Waals surface area contributed by atoms with Crippen LogP contribution in [0.1, 0.15) is 22.6 Å². The molecule has 0 radical (unpaired) electrons. The van der Waals surface area contributed by atoms with Gasteiger partial charge in [0.15, 0.2) is 0 Å². The topological polar surface area (TPSA) is 199 Å². The van der Waals surface area contributed by atoms with Crippen LogP contribution in [0.25, 0.3) is 0 Å². The van der Waals surface area contributed by atoms with Crippen LogP contribution in [0.4, 0.5) is 0 Å². The molecule has 0 aromatic heterocycles. The summed E-state index contributed by atoms with van der Waals surface area (Å²) in [6.07, 6.45) is 0.686. The largest absolute Gasteiger partial charge is 0.508 e. The van der Waals surface area contributed by atoms with Gasteiger partial charge in [-0.2, -0.15) is 0 Å². The molecule has 0 spiro atoms. The average Bonchev–Trinajstić information content (AvgIpc) is 2.89. The Labute approximate surface area is 241 Å². The van der Waals surface area contributed by atoms with E-state index in [0.29, 0.717) is 17.3 Å². The summed E-state index contributed by atoms with van der Waals surface area (Å²) in [4.78, 5) is 31.0. The number of nitrogens with two attached hydrogens (primary N) is 1. The monoisotopic (exact) mass is 669 g/mol. The summed E-state index contributed by atoms with van der Waals surface area (Å²) in [6, 6.07) is 18.1. The van der Waals surface area contributed by atoms with Gasteiger partial charge in [-0.15, -0.1) is 0 Å². The molecule has 12 heteroatoms. The summed E-state index contributed by atoms with van der Waals surface area (Å²) >= 11 is 6.16. The Hall–Kier alpha value is -3.61. The van der Waals surface area contributed by atoms with Gasteiger partial charge in [0.05, 0.1) is 5.92 Å². The summed E-state index contributed by atoms with van der Waals surface area (Å²) in [7, 11) is 0.